The molecule has 0 saturated carbocycles. The van der Waals surface area contributed by atoms with Crippen LogP contribution >= 0.6 is 11.8 Å². The Morgan fingerprint density at radius 3 is 2.49 bits per heavy atom. The van der Waals surface area contributed by atoms with Crippen LogP contribution in [0.4, 0.5) is 10.5 Å². The van der Waals surface area contributed by atoms with E-state index in [-0.39, 0.29) is 43.6 Å². The number of benzene rings is 2. The zero-order chi connectivity index (χ0) is 32.4. The van der Waals surface area contributed by atoms with E-state index in [1.807, 2.05) is 30.3 Å². The summed E-state index contributed by atoms with van der Waals surface area (Å²) in [4.78, 5) is 62.2. The molecule has 2 saturated heterocycles. The minimum Gasteiger partial charge on any atom is -0.458 e. The number of hydrogen-bond acceptors (Lipinski definition) is 11. The third kappa shape index (κ3) is 7.06. The first-order valence-corrected chi connectivity index (χ1v) is 14.8. The van der Waals surface area contributed by atoms with Gasteiger partial charge in [-0.2, -0.15) is 0 Å². The summed E-state index contributed by atoms with van der Waals surface area (Å²) in [6.45, 7) is 4.83. The van der Waals surface area contributed by atoms with Crippen molar-refractivity contribution in [2.75, 3.05) is 6.54 Å². The van der Waals surface area contributed by atoms with Crippen LogP contribution in [0, 0.1) is 10.1 Å². The quantitative estimate of drug-likeness (QED) is 0.144. The molecule has 0 spiro atoms. The molecule has 0 unspecified atom stereocenters. The van der Waals surface area contributed by atoms with Crippen molar-refractivity contribution in [1.82, 2.24) is 30.5 Å². The number of esters is 1. The van der Waals surface area contributed by atoms with E-state index in [1.54, 1.807) is 20.8 Å². The number of nitro benzene ring substituents is 1. The third-order valence-electron chi connectivity index (χ3n) is 6.93. The van der Waals surface area contributed by atoms with E-state index >= 15 is 0 Å². The first-order valence-electron chi connectivity index (χ1n) is 14.0. The van der Waals surface area contributed by atoms with Crippen molar-refractivity contribution in [2.24, 2.45) is 0 Å². The minimum absolute atomic E-state index is 0.0439. The van der Waals surface area contributed by atoms with Gasteiger partial charge in [-0.1, -0.05) is 47.3 Å². The van der Waals surface area contributed by atoms with E-state index in [2.05, 4.69) is 20.9 Å². The van der Waals surface area contributed by atoms with Crippen molar-refractivity contribution in [3.8, 4) is 0 Å². The third-order valence-corrected chi connectivity index (χ3v) is 8.57. The molecule has 3 heterocycles. The highest BCUT2D eigenvalue weighted by Gasteiger charge is 2.64. The van der Waals surface area contributed by atoms with Gasteiger partial charge in [-0.25, -0.2) is 14.3 Å². The van der Waals surface area contributed by atoms with Crippen molar-refractivity contribution in [1.29, 1.82) is 0 Å². The van der Waals surface area contributed by atoms with Gasteiger partial charge in [0.15, 0.2) is 0 Å². The number of alkyl carbamates (subject to hydrolysis) is 1. The molecule has 3 atom stereocenters. The minimum atomic E-state index is -1.57. The fraction of sp³-hybridized carbons (Fsp3) is 0.379. The zero-order valence-corrected chi connectivity index (χ0v) is 25.5. The molecule has 0 bridgehead atoms. The highest BCUT2D eigenvalue weighted by atomic mass is 32.2. The maximum absolute atomic E-state index is 13.8. The lowest BCUT2D eigenvalue weighted by Crippen LogP contribution is -2.67. The molecule has 0 aliphatic carbocycles. The smallest absolute Gasteiger partial charge is 0.407 e. The molecule has 3 aromatic rings. The van der Waals surface area contributed by atoms with Gasteiger partial charge in [0.05, 0.1) is 30.6 Å². The van der Waals surface area contributed by atoms with Crippen LogP contribution in [-0.4, -0.2) is 72.3 Å². The second-order valence-electron chi connectivity index (χ2n) is 11.5. The Hall–Kier alpha value is -4.99. The van der Waals surface area contributed by atoms with E-state index in [9.17, 15) is 29.3 Å². The van der Waals surface area contributed by atoms with Gasteiger partial charge in [0.2, 0.25) is 16.7 Å². The Labute approximate surface area is 261 Å². The van der Waals surface area contributed by atoms with Crippen LogP contribution in [-0.2, 0) is 48.3 Å². The van der Waals surface area contributed by atoms with Crippen LogP contribution in [0.2, 0.25) is 0 Å². The molecular weight excluding hydrogens is 606 g/mol. The number of amides is 3. The number of thioether (sulfide) groups is 1. The SMILES string of the molecule is CC(C)(C)OC(=O)NCc1cn([C@]2(C(=O)OCc3ccc([N+](=O)[O-])cc3)CN3C(=O)[C@@H](NC(=O)Cc4ccccc4)[C@H]3S2)nn1. The summed E-state index contributed by atoms with van der Waals surface area (Å²) in [7, 11) is 0. The summed E-state index contributed by atoms with van der Waals surface area (Å²) in [6.07, 6.45) is 0.895. The molecule has 2 aliphatic heterocycles. The van der Waals surface area contributed by atoms with Crippen molar-refractivity contribution < 1.29 is 33.6 Å². The number of fused-ring (bicyclic) bond motifs is 1. The molecule has 16 heteroatoms. The van der Waals surface area contributed by atoms with Crippen LogP contribution in [0.15, 0.2) is 60.8 Å². The number of aromatic nitrogens is 3. The Bertz CT molecular complexity index is 1610. The van der Waals surface area contributed by atoms with E-state index in [1.165, 1.54) is 40.0 Å². The zero-order valence-electron chi connectivity index (χ0n) is 24.7. The molecule has 2 N–H and O–H groups in total. The van der Waals surface area contributed by atoms with E-state index < -0.39 is 38.9 Å². The number of nitrogens with zero attached hydrogens (tertiary/aromatic N) is 5. The maximum Gasteiger partial charge on any atom is 0.407 e. The van der Waals surface area contributed by atoms with Gasteiger partial charge >= 0.3 is 12.1 Å². The average molecular weight is 638 g/mol. The molecule has 1 aromatic heterocycles. The molecule has 2 aromatic carbocycles. The number of carbonyl (C=O) groups excluding carboxylic acids is 4. The van der Waals surface area contributed by atoms with Crippen LogP contribution < -0.4 is 10.6 Å². The molecule has 2 fully saturated rings. The molecule has 45 heavy (non-hydrogen) atoms. The van der Waals surface area contributed by atoms with Gasteiger partial charge in [-0.3, -0.25) is 19.7 Å². The molecule has 236 valence electrons. The van der Waals surface area contributed by atoms with Crippen molar-refractivity contribution in [3.63, 3.8) is 0 Å². The molecule has 0 radical (unpaired) electrons. The predicted molar refractivity (Wildman–Crippen MR) is 159 cm³/mol. The summed E-state index contributed by atoms with van der Waals surface area (Å²) in [6, 6.07) is 13.8. The van der Waals surface area contributed by atoms with Gasteiger partial charge in [0, 0.05) is 12.1 Å². The van der Waals surface area contributed by atoms with E-state index in [4.69, 9.17) is 9.47 Å². The summed E-state index contributed by atoms with van der Waals surface area (Å²) >= 11 is 1.09. The number of nitrogens with one attached hydrogen (secondary N) is 2. The normalized spacial score (nSPS) is 20.5. The second-order valence-corrected chi connectivity index (χ2v) is 12.9. The lowest BCUT2D eigenvalue weighted by molar-refractivity contribution is -0.384. The molecular formula is C29H31N7O8S. The van der Waals surface area contributed by atoms with Gasteiger partial charge in [-0.15, -0.1) is 5.10 Å². The predicted octanol–water partition coefficient (Wildman–Crippen LogP) is 2.25. The first kappa shape index (κ1) is 31.4. The highest BCUT2D eigenvalue weighted by molar-refractivity contribution is 8.01. The summed E-state index contributed by atoms with van der Waals surface area (Å²) in [5.74, 6) is -1.43. The lowest BCUT2D eigenvalue weighted by Gasteiger charge is -2.41. The number of carbonyl (C=O) groups is 4. The number of non-ortho nitro benzene ring substituents is 1. The second kappa shape index (κ2) is 12.6. The number of rotatable bonds is 10. The number of hydrogen-bond donors (Lipinski definition) is 2. The van der Waals surface area contributed by atoms with Crippen molar-refractivity contribution >= 4 is 41.3 Å². The highest BCUT2D eigenvalue weighted by Crippen LogP contribution is 2.50. The van der Waals surface area contributed by atoms with E-state index in [0.717, 1.165) is 17.3 Å². The Morgan fingerprint density at radius 1 is 1.11 bits per heavy atom. The fourth-order valence-electron chi connectivity index (χ4n) is 4.77. The standard InChI is InChI=1S/C29H31N7O8S/c1-28(2,3)44-27(40)30-14-20-15-35(33-32-20)29(26(39)43-16-19-9-11-21(12-10-19)36(41)42)17-34-24(38)23(25(34)45-29)31-22(37)13-18-7-5-4-6-8-18/h4-12,15,23,25H,13-14,16-17H2,1-3H3,(H,30,40)(H,31,37)/t23-,25-,29-/m1/s1. The molecule has 2 aliphatic rings. The monoisotopic (exact) mass is 637 g/mol. The number of ether oxygens (including phenoxy) is 2. The van der Waals surface area contributed by atoms with Gasteiger partial charge in [-0.05, 0) is 44.0 Å². The van der Waals surface area contributed by atoms with Gasteiger partial charge < -0.3 is 25.0 Å². The first-order chi connectivity index (χ1) is 21.3. The summed E-state index contributed by atoms with van der Waals surface area (Å²) < 4.78 is 12.2. The maximum atomic E-state index is 13.8. The number of β-lactam (4-membered cyclic amide) rings is 1. The Balaban J connectivity index is 1.33. The van der Waals surface area contributed by atoms with Crippen molar-refractivity contribution in [3.05, 3.63) is 87.7 Å². The summed E-state index contributed by atoms with van der Waals surface area (Å²) in [5, 5.41) is 24.0. The lowest BCUT2D eigenvalue weighted by atomic mass is 10.1. The van der Waals surface area contributed by atoms with E-state index in [0.29, 0.717) is 11.3 Å². The van der Waals surface area contributed by atoms with Crippen LogP contribution in [0.1, 0.15) is 37.6 Å². The molecule has 3 amide bonds. The topological polar surface area (TPSA) is 188 Å². The fourth-order valence-corrected chi connectivity index (χ4v) is 6.36. The van der Waals surface area contributed by atoms with Crippen molar-refractivity contribution in [2.45, 2.75) is 62.2 Å². The van der Waals surface area contributed by atoms with Crippen LogP contribution in [0.3, 0.4) is 0 Å². The van der Waals surface area contributed by atoms with Gasteiger partial charge in [0.1, 0.15) is 29.3 Å². The summed E-state index contributed by atoms with van der Waals surface area (Å²) in [5.41, 5.74) is 0.811. The van der Waals surface area contributed by atoms with Crippen LogP contribution in [0.25, 0.3) is 0 Å². The van der Waals surface area contributed by atoms with Gasteiger partial charge in [0.25, 0.3) is 5.69 Å². The Morgan fingerprint density at radius 2 is 1.82 bits per heavy atom. The number of nitro groups is 1. The molecule has 5 rings (SSSR count). The average Bonchev–Trinajstić information content (AvgIpc) is 3.62. The Kier molecular flexibility index (Phi) is 8.77. The molecule has 15 nitrogen and oxygen atoms in total. The largest absolute Gasteiger partial charge is 0.458 e. The van der Waals surface area contributed by atoms with Crippen LogP contribution in [0.5, 0.6) is 0 Å².